The van der Waals surface area contributed by atoms with Gasteiger partial charge in [0.25, 0.3) is 0 Å². The van der Waals surface area contributed by atoms with Gasteiger partial charge < -0.3 is 9.73 Å². The fourth-order valence-corrected chi connectivity index (χ4v) is 2.53. The van der Waals surface area contributed by atoms with Crippen LogP contribution in [-0.4, -0.2) is 16.8 Å². The molecule has 0 aliphatic heterocycles. The topological polar surface area (TPSA) is 43.0 Å². The molecule has 2 aromatic heterocycles. The zero-order valence-electron chi connectivity index (χ0n) is 12.1. The SMILES string of the molecule is CNC(Cn1nc(C)cc1C)c1cc2ccccc2o1. The molecule has 1 unspecified atom stereocenters. The van der Waals surface area contributed by atoms with E-state index in [1.165, 1.54) is 5.69 Å². The second kappa shape index (κ2) is 5.13. The number of rotatable bonds is 4. The molecule has 1 aromatic carbocycles. The lowest BCUT2D eigenvalue weighted by Crippen LogP contribution is -2.22. The van der Waals surface area contributed by atoms with Gasteiger partial charge in [0.15, 0.2) is 0 Å². The van der Waals surface area contributed by atoms with E-state index in [4.69, 9.17) is 4.42 Å². The third kappa shape index (κ3) is 2.34. The van der Waals surface area contributed by atoms with Crippen LogP contribution >= 0.6 is 0 Å². The van der Waals surface area contributed by atoms with Crippen molar-refractivity contribution in [2.75, 3.05) is 7.05 Å². The van der Waals surface area contributed by atoms with Crippen LogP contribution in [0.1, 0.15) is 23.2 Å². The van der Waals surface area contributed by atoms with Gasteiger partial charge in [0, 0.05) is 11.1 Å². The van der Waals surface area contributed by atoms with Crippen molar-refractivity contribution in [2.45, 2.75) is 26.4 Å². The molecule has 0 aliphatic rings. The van der Waals surface area contributed by atoms with Gasteiger partial charge in [0.05, 0.1) is 18.3 Å². The van der Waals surface area contributed by atoms with Crippen LogP contribution in [-0.2, 0) is 6.54 Å². The number of nitrogens with zero attached hydrogens (tertiary/aromatic N) is 2. The summed E-state index contributed by atoms with van der Waals surface area (Å²) >= 11 is 0. The van der Waals surface area contributed by atoms with Gasteiger partial charge in [-0.2, -0.15) is 5.10 Å². The maximum atomic E-state index is 5.94. The number of likely N-dealkylation sites (N-methyl/N-ethyl adjacent to an activating group) is 1. The Balaban J connectivity index is 1.91. The molecular weight excluding hydrogens is 250 g/mol. The van der Waals surface area contributed by atoms with Crippen molar-refractivity contribution in [3.63, 3.8) is 0 Å². The summed E-state index contributed by atoms with van der Waals surface area (Å²) in [4.78, 5) is 0. The predicted molar refractivity (Wildman–Crippen MR) is 79.7 cm³/mol. The molecule has 1 N–H and O–H groups in total. The van der Waals surface area contributed by atoms with Gasteiger partial charge in [0.1, 0.15) is 11.3 Å². The van der Waals surface area contributed by atoms with E-state index >= 15 is 0 Å². The molecule has 0 bridgehead atoms. The lowest BCUT2D eigenvalue weighted by Gasteiger charge is -2.14. The minimum absolute atomic E-state index is 0.111. The van der Waals surface area contributed by atoms with E-state index < -0.39 is 0 Å². The molecule has 0 fully saturated rings. The average molecular weight is 269 g/mol. The third-order valence-electron chi connectivity index (χ3n) is 3.60. The van der Waals surface area contributed by atoms with E-state index in [9.17, 15) is 0 Å². The second-order valence-corrected chi connectivity index (χ2v) is 5.14. The summed E-state index contributed by atoms with van der Waals surface area (Å²) in [5.74, 6) is 0.946. The molecule has 2 heterocycles. The van der Waals surface area contributed by atoms with Crippen LogP contribution in [0.4, 0.5) is 0 Å². The highest BCUT2D eigenvalue weighted by Crippen LogP contribution is 2.24. The van der Waals surface area contributed by atoms with Crippen LogP contribution in [0, 0.1) is 13.8 Å². The van der Waals surface area contributed by atoms with Crippen LogP contribution in [0.25, 0.3) is 11.0 Å². The number of hydrogen-bond donors (Lipinski definition) is 1. The maximum absolute atomic E-state index is 5.94. The number of para-hydroxylation sites is 1. The lowest BCUT2D eigenvalue weighted by atomic mass is 10.2. The van der Waals surface area contributed by atoms with E-state index in [2.05, 4.69) is 35.5 Å². The van der Waals surface area contributed by atoms with Gasteiger partial charge in [-0.05, 0) is 39.1 Å². The molecule has 4 heteroatoms. The summed E-state index contributed by atoms with van der Waals surface area (Å²) in [6.45, 7) is 4.85. The van der Waals surface area contributed by atoms with Gasteiger partial charge in [0.2, 0.25) is 0 Å². The Morgan fingerprint density at radius 1 is 1.25 bits per heavy atom. The van der Waals surface area contributed by atoms with Crippen molar-refractivity contribution in [3.05, 3.63) is 53.5 Å². The zero-order valence-corrected chi connectivity index (χ0v) is 12.1. The number of aryl methyl sites for hydroxylation is 2. The first-order chi connectivity index (χ1) is 9.67. The highest BCUT2D eigenvalue weighted by atomic mass is 16.3. The lowest BCUT2D eigenvalue weighted by molar-refractivity contribution is 0.391. The third-order valence-corrected chi connectivity index (χ3v) is 3.60. The summed E-state index contributed by atoms with van der Waals surface area (Å²) in [6.07, 6.45) is 0. The zero-order chi connectivity index (χ0) is 14.1. The Morgan fingerprint density at radius 3 is 2.70 bits per heavy atom. The molecular formula is C16H19N3O. The number of benzene rings is 1. The minimum Gasteiger partial charge on any atom is -0.459 e. The van der Waals surface area contributed by atoms with Crippen LogP contribution in [0.2, 0.25) is 0 Å². The molecule has 0 spiro atoms. The van der Waals surface area contributed by atoms with Crippen molar-refractivity contribution in [2.24, 2.45) is 0 Å². The highest BCUT2D eigenvalue weighted by Gasteiger charge is 2.16. The first-order valence-corrected chi connectivity index (χ1v) is 6.84. The van der Waals surface area contributed by atoms with Crippen molar-refractivity contribution in [1.82, 2.24) is 15.1 Å². The number of nitrogens with one attached hydrogen (secondary N) is 1. The largest absolute Gasteiger partial charge is 0.459 e. The van der Waals surface area contributed by atoms with Gasteiger partial charge in [-0.25, -0.2) is 0 Å². The summed E-state index contributed by atoms with van der Waals surface area (Å²) in [5.41, 5.74) is 3.14. The Hall–Kier alpha value is -2.07. The number of aromatic nitrogens is 2. The Labute approximate surface area is 118 Å². The van der Waals surface area contributed by atoms with Crippen LogP contribution in [0.5, 0.6) is 0 Å². The van der Waals surface area contributed by atoms with Crippen molar-refractivity contribution >= 4 is 11.0 Å². The van der Waals surface area contributed by atoms with E-state index in [0.717, 1.165) is 29.0 Å². The van der Waals surface area contributed by atoms with Gasteiger partial charge in [-0.3, -0.25) is 4.68 Å². The fraction of sp³-hybridized carbons (Fsp3) is 0.312. The average Bonchev–Trinajstić information content (AvgIpc) is 2.99. The normalized spacial score (nSPS) is 12.9. The number of furan rings is 1. The minimum atomic E-state index is 0.111. The number of fused-ring (bicyclic) bond motifs is 1. The molecule has 0 amide bonds. The highest BCUT2D eigenvalue weighted by molar-refractivity contribution is 5.77. The summed E-state index contributed by atoms with van der Waals surface area (Å²) in [7, 11) is 1.95. The molecule has 0 radical (unpaired) electrons. The summed E-state index contributed by atoms with van der Waals surface area (Å²) < 4.78 is 7.95. The summed E-state index contributed by atoms with van der Waals surface area (Å²) in [5, 5.41) is 8.96. The molecule has 0 saturated carbocycles. The fourth-order valence-electron chi connectivity index (χ4n) is 2.53. The first kappa shape index (κ1) is 12.9. The molecule has 104 valence electrons. The summed E-state index contributed by atoms with van der Waals surface area (Å²) in [6, 6.07) is 12.4. The maximum Gasteiger partial charge on any atom is 0.134 e. The molecule has 3 rings (SSSR count). The molecule has 4 nitrogen and oxygen atoms in total. The van der Waals surface area contributed by atoms with Crippen LogP contribution < -0.4 is 5.32 Å². The molecule has 1 atom stereocenters. The Morgan fingerprint density at radius 2 is 2.05 bits per heavy atom. The smallest absolute Gasteiger partial charge is 0.134 e. The monoisotopic (exact) mass is 269 g/mol. The van der Waals surface area contributed by atoms with E-state index in [0.29, 0.717) is 0 Å². The van der Waals surface area contributed by atoms with E-state index in [-0.39, 0.29) is 6.04 Å². The van der Waals surface area contributed by atoms with Crippen molar-refractivity contribution in [1.29, 1.82) is 0 Å². The second-order valence-electron chi connectivity index (χ2n) is 5.14. The predicted octanol–water partition coefficient (Wildman–Crippen LogP) is 3.21. The van der Waals surface area contributed by atoms with Crippen LogP contribution in [0.15, 0.2) is 40.8 Å². The Bertz CT molecular complexity index is 693. The first-order valence-electron chi connectivity index (χ1n) is 6.84. The molecule has 3 aromatic rings. The van der Waals surface area contributed by atoms with Gasteiger partial charge in [-0.1, -0.05) is 18.2 Å². The van der Waals surface area contributed by atoms with Crippen LogP contribution in [0.3, 0.4) is 0 Å². The van der Waals surface area contributed by atoms with E-state index in [1.54, 1.807) is 0 Å². The quantitative estimate of drug-likeness (QED) is 0.791. The van der Waals surface area contributed by atoms with Gasteiger partial charge in [-0.15, -0.1) is 0 Å². The Kier molecular flexibility index (Phi) is 3.32. The molecule has 20 heavy (non-hydrogen) atoms. The van der Waals surface area contributed by atoms with E-state index in [1.807, 2.05) is 36.9 Å². The van der Waals surface area contributed by atoms with Crippen molar-refractivity contribution < 1.29 is 4.42 Å². The molecule has 0 aliphatic carbocycles. The molecule has 0 saturated heterocycles. The van der Waals surface area contributed by atoms with Crippen molar-refractivity contribution in [3.8, 4) is 0 Å². The van der Waals surface area contributed by atoms with Gasteiger partial charge >= 0.3 is 0 Å². The standard InChI is InChI=1S/C16H19N3O/c1-11-8-12(2)19(18-11)10-14(17-3)16-9-13-6-4-5-7-15(13)20-16/h4-9,14,17H,10H2,1-3H3. The number of hydrogen-bond acceptors (Lipinski definition) is 3.